The average molecular weight is 254 g/mol. The van der Waals surface area contributed by atoms with Gasteiger partial charge in [0.1, 0.15) is 0 Å². The first-order valence-electron chi connectivity index (χ1n) is 6.14. The van der Waals surface area contributed by atoms with Gasteiger partial charge in [0, 0.05) is 40.0 Å². The summed E-state index contributed by atoms with van der Waals surface area (Å²) in [5.41, 5.74) is 7.02. The van der Waals surface area contributed by atoms with Crippen molar-refractivity contribution in [3.63, 3.8) is 0 Å². The molecule has 0 saturated carbocycles. The molecule has 1 heterocycles. The van der Waals surface area contributed by atoms with E-state index in [1.807, 2.05) is 14.0 Å². The molecule has 2 N–H and O–H groups in total. The highest BCUT2D eigenvalue weighted by Crippen LogP contribution is 2.10. The highest BCUT2D eigenvalue weighted by molar-refractivity contribution is 5.95. The molecule has 0 bridgehead atoms. The molecule has 0 fully saturated rings. The Bertz CT molecular complexity index is 389. The minimum absolute atomic E-state index is 0.0255. The minimum atomic E-state index is -0.0255. The maximum absolute atomic E-state index is 12.4. The second-order valence-electron chi connectivity index (χ2n) is 4.09. The fraction of sp³-hybridized carbons (Fsp3) is 0.667. The summed E-state index contributed by atoms with van der Waals surface area (Å²) < 4.78 is 6.68. The van der Waals surface area contributed by atoms with Crippen molar-refractivity contribution in [3.8, 4) is 0 Å². The molecule has 1 amide bonds. The summed E-state index contributed by atoms with van der Waals surface area (Å²) in [6.07, 6.45) is 2.50. The fourth-order valence-corrected chi connectivity index (χ4v) is 1.82. The van der Waals surface area contributed by atoms with Gasteiger partial charge in [-0.05, 0) is 6.42 Å². The van der Waals surface area contributed by atoms with Crippen LogP contribution in [0.3, 0.4) is 0 Å². The summed E-state index contributed by atoms with van der Waals surface area (Å²) in [4.78, 5) is 14.1. The Labute approximate surface area is 108 Å². The predicted molar refractivity (Wildman–Crippen MR) is 69.4 cm³/mol. The van der Waals surface area contributed by atoms with Crippen LogP contribution in [0.1, 0.15) is 23.0 Å². The number of methoxy groups -OCH3 is 1. The Morgan fingerprint density at radius 3 is 2.83 bits per heavy atom. The normalized spacial score (nSPS) is 10.7. The number of nitrogens with two attached hydrogens (primary N) is 1. The Hall–Kier alpha value is -1.40. The zero-order valence-corrected chi connectivity index (χ0v) is 11.3. The first kappa shape index (κ1) is 14.7. The Morgan fingerprint density at radius 2 is 2.28 bits per heavy atom. The molecule has 0 radical (unpaired) electrons. The van der Waals surface area contributed by atoms with E-state index in [1.54, 1.807) is 22.9 Å². The molecule has 1 aromatic rings. The van der Waals surface area contributed by atoms with Gasteiger partial charge in [0.05, 0.1) is 17.9 Å². The number of carbonyl (C=O) groups is 1. The van der Waals surface area contributed by atoms with Crippen molar-refractivity contribution in [1.82, 2.24) is 14.7 Å². The standard InChI is InChI=1S/C12H22N4O2/c1-4-11-10(9-15(2)14-11)12(17)16(6-5-13)7-8-18-3/h9H,4-8,13H2,1-3H3. The largest absolute Gasteiger partial charge is 0.383 e. The van der Waals surface area contributed by atoms with Crippen LogP contribution in [0.2, 0.25) is 0 Å². The van der Waals surface area contributed by atoms with Crippen molar-refractivity contribution >= 4 is 5.91 Å². The number of aryl methyl sites for hydroxylation is 2. The fourth-order valence-electron chi connectivity index (χ4n) is 1.82. The lowest BCUT2D eigenvalue weighted by molar-refractivity contribution is 0.0700. The Kier molecular flexibility index (Phi) is 5.80. The van der Waals surface area contributed by atoms with E-state index in [-0.39, 0.29) is 5.91 Å². The molecule has 0 aromatic carbocycles. The van der Waals surface area contributed by atoms with E-state index in [2.05, 4.69) is 5.10 Å². The second-order valence-corrected chi connectivity index (χ2v) is 4.09. The summed E-state index contributed by atoms with van der Waals surface area (Å²) >= 11 is 0. The van der Waals surface area contributed by atoms with Crippen molar-refractivity contribution in [2.75, 3.05) is 33.4 Å². The molecule has 0 aliphatic rings. The number of carbonyl (C=O) groups excluding carboxylic acids is 1. The third kappa shape index (κ3) is 3.54. The molecule has 0 atom stereocenters. The van der Waals surface area contributed by atoms with Crippen LogP contribution in [0.4, 0.5) is 0 Å². The molecule has 0 saturated heterocycles. The molecule has 0 aliphatic carbocycles. The highest BCUT2D eigenvalue weighted by atomic mass is 16.5. The summed E-state index contributed by atoms with van der Waals surface area (Å²) in [5, 5.41) is 4.28. The average Bonchev–Trinajstić information content (AvgIpc) is 2.75. The zero-order valence-electron chi connectivity index (χ0n) is 11.3. The molecular weight excluding hydrogens is 232 g/mol. The molecule has 0 spiro atoms. The van der Waals surface area contributed by atoms with Gasteiger partial charge in [0.25, 0.3) is 5.91 Å². The number of rotatable bonds is 7. The van der Waals surface area contributed by atoms with Gasteiger partial charge in [-0.25, -0.2) is 0 Å². The van der Waals surface area contributed by atoms with Crippen LogP contribution in [0.5, 0.6) is 0 Å². The van der Waals surface area contributed by atoms with E-state index in [9.17, 15) is 4.79 Å². The van der Waals surface area contributed by atoms with Crippen molar-refractivity contribution in [2.45, 2.75) is 13.3 Å². The second kappa shape index (κ2) is 7.13. The SMILES string of the molecule is CCc1nn(C)cc1C(=O)N(CCN)CCOC. The monoisotopic (exact) mass is 254 g/mol. The van der Waals surface area contributed by atoms with Crippen LogP contribution in [-0.4, -0.2) is 53.9 Å². The third-order valence-electron chi connectivity index (χ3n) is 2.72. The highest BCUT2D eigenvalue weighted by Gasteiger charge is 2.20. The molecule has 0 unspecified atom stereocenters. The van der Waals surface area contributed by atoms with Crippen molar-refractivity contribution in [1.29, 1.82) is 0 Å². The third-order valence-corrected chi connectivity index (χ3v) is 2.72. The number of amides is 1. The van der Waals surface area contributed by atoms with Gasteiger partial charge < -0.3 is 15.4 Å². The van der Waals surface area contributed by atoms with E-state index in [0.29, 0.717) is 31.8 Å². The van der Waals surface area contributed by atoms with Gasteiger partial charge in [-0.1, -0.05) is 6.92 Å². The summed E-state index contributed by atoms with van der Waals surface area (Å²) in [6, 6.07) is 0. The molecular formula is C12H22N4O2. The molecule has 102 valence electrons. The lowest BCUT2D eigenvalue weighted by atomic mass is 10.2. The van der Waals surface area contributed by atoms with Crippen LogP contribution < -0.4 is 5.73 Å². The van der Waals surface area contributed by atoms with E-state index in [0.717, 1.165) is 12.1 Å². The van der Waals surface area contributed by atoms with Crippen LogP contribution in [0, 0.1) is 0 Å². The lowest BCUT2D eigenvalue weighted by Gasteiger charge is -2.21. The number of ether oxygens (including phenoxy) is 1. The topological polar surface area (TPSA) is 73.4 Å². The van der Waals surface area contributed by atoms with E-state index in [4.69, 9.17) is 10.5 Å². The maximum Gasteiger partial charge on any atom is 0.257 e. The number of nitrogens with zero attached hydrogens (tertiary/aromatic N) is 3. The van der Waals surface area contributed by atoms with Gasteiger partial charge in [-0.15, -0.1) is 0 Å². The van der Waals surface area contributed by atoms with Crippen LogP contribution in [-0.2, 0) is 18.2 Å². The quantitative estimate of drug-likeness (QED) is 0.745. The maximum atomic E-state index is 12.4. The van der Waals surface area contributed by atoms with Crippen LogP contribution >= 0.6 is 0 Å². The molecule has 1 aromatic heterocycles. The van der Waals surface area contributed by atoms with Crippen LogP contribution in [0.15, 0.2) is 6.20 Å². The summed E-state index contributed by atoms with van der Waals surface area (Å²) in [6.45, 7) is 4.01. The minimum Gasteiger partial charge on any atom is -0.383 e. The smallest absolute Gasteiger partial charge is 0.257 e. The van der Waals surface area contributed by atoms with Gasteiger partial charge in [0.15, 0.2) is 0 Å². The number of hydrogen-bond donors (Lipinski definition) is 1. The van der Waals surface area contributed by atoms with E-state index >= 15 is 0 Å². The van der Waals surface area contributed by atoms with Crippen molar-refractivity contribution < 1.29 is 9.53 Å². The van der Waals surface area contributed by atoms with E-state index in [1.165, 1.54) is 0 Å². The number of hydrogen-bond acceptors (Lipinski definition) is 4. The first-order valence-corrected chi connectivity index (χ1v) is 6.14. The first-order chi connectivity index (χ1) is 8.63. The van der Waals surface area contributed by atoms with Gasteiger partial charge in [-0.3, -0.25) is 9.48 Å². The molecule has 6 heteroatoms. The van der Waals surface area contributed by atoms with Gasteiger partial charge in [0.2, 0.25) is 0 Å². The molecule has 0 aliphatic heterocycles. The van der Waals surface area contributed by atoms with E-state index < -0.39 is 0 Å². The molecule has 6 nitrogen and oxygen atoms in total. The van der Waals surface area contributed by atoms with Crippen molar-refractivity contribution in [3.05, 3.63) is 17.5 Å². The zero-order chi connectivity index (χ0) is 13.5. The van der Waals surface area contributed by atoms with Crippen LogP contribution in [0.25, 0.3) is 0 Å². The van der Waals surface area contributed by atoms with Gasteiger partial charge in [-0.2, -0.15) is 5.10 Å². The lowest BCUT2D eigenvalue weighted by Crippen LogP contribution is -2.38. The summed E-state index contributed by atoms with van der Waals surface area (Å²) in [5.74, 6) is -0.0255. The predicted octanol–water partition coefficient (Wildman–Crippen LogP) is 0.0298. The molecule has 18 heavy (non-hydrogen) atoms. The number of aromatic nitrogens is 2. The Morgan fingerprint density at radius 1 is 1.56 bits per heavy atom. The Balaban J connectivity index is 2.86. The van der Waals surface area contributed by atoms with Gasteiger partial charge >= 0.3 is 0 Å². The molecule has 1 rings (SSSR count). The van der Waals surface area contributed by atoms with Crippen molar-refractivity contribution in [2.24, 2.45) is 12.8 Å². The summed E-state index contributed by atoms with van der Waals surface area (Å²) in [7, 11) is 3.44.